The molecule has 0 aliphatic rings. The summed E-state index contributed by atoms with van der Waals surface area (Å²) in [5.74, 6) is -1.66. The summed E-state index contributed by atoms with van der Waals surface area (Å²) in [6.45, 7) is 0. The topological polar surface area (TPSA) is 83.8 Å². The highest BCUT2D eigenvalue weighted by atomic mass is 79.9. The number of aryl methyl sites for hydroxylation is 1. The molecule has 0 spiro atoms. The first-order valence-corrected chi connectivity index (χ1v) is 6.01. The van der Waals surface area contributed by atoms with Crippen LogP contribution in [0.1, 0.15) is 23.7 Å². The van der Waals surface area contributed by atoms with Crippen molar-refractivity contribution in [1.29, 1.82) is 0 Å². The number of rotatable bonds is 5. The number of carboxylic acids is 1. The van der Waals surface area contributed by atoms with Gasteiger partial charge in [-0.2, -0.15) is 0 Å². The van der Waals surface area contributed by atoms with Crippen LogP contribution in [0.4, 0.5) is 0 Å². The van der Waals surface area contributed by atoms with Gasteiger partial charge in [0.05, 0.1) is 7.11 Å². The minimum Gasteiger partial charge on any atom is -0.479 e. The van der Waals surface area contributed by atoms with Gasteiger partial charge in [-0.25, -0.2) is 4.79 Å². The van der Waals surface area contributed by atoms with Crippen molar-refractivity contribution in [2.45, 2.75) is 18.9 Å². The Kier molecular flexibility index (Phi) is 5.30. The molecular weight excluding hydrogens is 304 g/mol. The summed E-state index contributed by atoms with van der Waals surface area (Å²) >= 11 is 3.25. The molecular formula is C12H13BrO5. The summed E-state index contributed by atoms with van der Waals surface area (Å²) in [6, 6.07) is 4.91. The van der Waals surface area contributed by atoms with Crippen LogP contribution < -0.4 is 0 Å². The second-order valence-electron chi connectivity index (χ2n) is 3.64. The van der Waals surface area contributed by atoms with Gasteiger partial charge < -0.3 is 14.9 Å². The van der Waals surface area contributed by atoms with E-state index in [1.807, 2.05) is 0 Å². The number of ether oxygens (including phenoxy) is 1. The summed E-state index contributed by atoms with van der Waals surface area (Å²) in [7, 11) is 1.31. The van der Waals surface area contributed by atoms with E-state index in [4.69, 9.17) is 5.11 Å². The molecule has 0 fully saturated rings. The standard InChI is InChI=1S/C12H13BrO5/c1-18-9(14)6-5-7-3-2-4-8(10(7)13)11(15)12(16)17/h2-4,11,15H,5-6H2,1H3,(H,16,17). The molecule has 0 aliphatic heterocycles. The van der Waals surface area contributed by atoms with E-state index in [0.29, 0.717) is 10.9 Å². The van der Waals surface area contributed by atoms with Crippen LogP contribution in [0, 0.1) is 0 Å². The number of carboxylic acid groups (broad SMARTS) is 1. The molecule has 5 nitrogen and oxygen atoms in total. The smallest absolute Gasteiger partial charge is 0.337 e. The number of benzene rings is 1. The fourth-order valence-electron chi connectivity index (χ4n) is 1.48. The molecule has 98 valence electrons. The number of esters is 1. The molecule has 0 saturated carbocycles. The van der Waals surface area contributed by atoms with Crippen molar-refractivity contribution in [1.82, 2.24) is 0 Å². The summed E-state index contributed by atoms with van der Waals surface area (Å²) < 4.78 is 5.03. The van der Waals surface area contributed by atoms with Crippen LogP contribution in [-0.2, 0) is 20.7 Å². The van der Waals surface area contributed by atoms with Crippen molar-refractivity contribution in [3.05, 3.63) is 33.8 Å². The van der Waals surface area contributed by atoms with Crippen LogP contribution in [0.15, 0.2) is 22.7 Å². The van der Waals surface area contributed by atoms with Crippen LogP contribution in [0.5, 0.6) is 0 Å². The Morgan fingerprint density at radius 3 is 2.67 bits per heavy atom. The van der Waals surface area contributed by atoms with Gasteiger partial charge in [0, 0.05) is 16.5 Å². The van der Waals surface area contributed by atoms with E-state index in [9.17, 15) is 14.7 Å². The first-order valence-electron chi connectivity index (χ1n) is 5.22. The maximum atomic E-state index is 11.0. The van der Waals surface area contributed by atoms with Gasteiger partial charge in [-0.1, -0.05) is 34.1 Å². The number of carbonyl (C=O) groups excluding carboxylic acids is 1. The molecule has 0 amide bonds. The first kappa shape index (κ1) is 14.7. The summed E-state index contributed by atoms with van der Waals surface area (Å²) in [5.41, 5.74) is 1.02. The van der Waals surface area contributed by atoms with E-state index >= 15 is 0 Å². The van der Waals surface area contributed by atoms with Crippen LogP contribution in [0.2, 0.25) is 0 Å². The Bertz CT molecular complexity index is 458. The van der Waals surface area contributed by atoms with E-state index in [1.165, 1.54) is 13.2 Å². The van der Waals surface area contributed by atoms with Gasteiger partial charge in [0.25, 0.3) is 0 Å². The molecule has 2 N–H and O–H groups in total. The molecule has 1 atom stereocenters. The van der Waals surface area contributed by atoms with Crippen LogP contribution >= 0.6 is 15.9 Å². The van der Waals surface area contributed by atoms with Crippen molar-refractivity contribution in [3.8, 4) is 0 Å². The molecule has 0 aliphatic carbocycles. The van der Waals surface area contributed by atoms with Gasteiger partial charge >= 0.3 is 11.9 Å². The van der Waals surface area contributed by atoms with Crippen molar-refractivity contribution in [2.24, 2.45) is 0 Å². The van der Waals surface area contributed by atoms with E-state index in [-0.39, 0.29) is 18.0 Å². The number of halogens is 1. The molecule has 0 aromatic heterocycles. The third kappa shape index (κ3) is 3.54. The zero-order valence-corrected chi connectivity index (χ0v) is 11.3. The van der Waals surface area contributed by atoms with Crippen LogP contribution in [-0.4, -0.2) is 29.3 Å². The molecule has 1 rings (SSSR count). The zero-order valence-electron chi connectivity index (χ0n) is 9.72. The average molecular weight is 317 g/mol. The quantitative estimate of drug-likeness (QED) is 0.807. The fourth-order valence-corrected chi connectivity index (χ4v) is 2.16. The van der Waals surface area contributed by atoms with E-state index in [1.54, 1.807) is 12.1 Å². The van der Waals surface area contributed by atoms with Crippen molar-refractivity contribution in [3.63, 3.8) is 0 Å². The van der Waals surface area contributed by atoms with Gasteiger partial charge in [-0.15, -0.1) is 0 Å². The monoisotopic (exact) mass is 316 g/mol. The highest BCUT2D eigenvalue weighted by Gasteiger charge is 2.20. The van der Waals surface area contributed by atoms with Crippen LogP contribution in [0.3, 0.4) is 0 Å². The van der Waals surface area contributed by atoms with E-state index in [0.717, 1.165) is 5.56 Å². The number of aliphatic hydroxyl groups is 1. The molecule has 0 radical (unpaired) electrons. The molecule has 0 saturated heterocycles. The van der Waals surface area contributed by atoms with E-state index < -0.39 is 12.1 Å². The number of aliphatic hydroxyl groups excluding tert-OH is 1. The minimum atomic E-state index is -1.59. The lowest BCUT2D eigenvalue weighted by Gasteiger charge is -2.12. The molecule has 0 heterocycles. The number of hydrogen-bond acceptors (Lipinski definition) is 4. The van der Waals surface area contributed by atoms with Gasteiger partial charge in [0.2, 0.25) is 0 Å². The number of carbonyl (C=O) groups is 2. The summed E-state index contributed by atoms with van der Waals surface area (Å²) in [6.07, 6.45) is -0.979. The molecule has 18 heavy (non-hydrogen) atoms. The maximum Gasteiger partial charge on any atom is 0.337 e. The van der Waals surface area contributed by atoms with Gasteiger partial charge in [-0.3, -0.25) is 4.79 Å². The normalized spacial score (nSPS) is 11.9. The van der Waals surface area contributed by atoms with Crippen molar-refractivity contribution >= 4 is 27.9 Å². The Labute approximate surface area is 113 Å². The highest BCUT2D eigenvalue weighted by molar-refractivity contribution is 9.10. The third-order valence-corrected chi connectivity index (χ3v) is 3.43. The van der Waals surface area contributed by atoms with Crippen molar-refractivity contribution in [2.75, 3.05) is 7.11 Å². The predicted molar refractivity (Wildman–Crippen MR) is 67.1 cm³/mol. The Hall–Kier alpha value is -1.40. The number of hydrogen-bond donors (Lipinski definition) is 2. The largest absolute Gasteiger partial charge is 0.479 e. The fraction of sp³-hybridized carbons (Fsp3) is 0.333. The molecule has 0 bridgehead atoms. The number of methoxy groups -OCH3 is 1. The summed E-state index contributed by atoms with van der Waals surface area (Å²) in [5, 5.41) is 18.3. The predicted octanol–water partition coefficient (Wildman–Crippen LogP) is 1.67. The number of aliphatic carboxylic acids is 1. The Morgan fingerprint density at radius 1 is 1.44 bits per heavy atom. The SMILES string of the molecule is COC(=O)CCc1cccc(C(O)C(=O)O)c1Br. The van der Waals surface area contributed by atoms with Gasteiger partial charge in [-0.05, 0) is 12.0 Å². The second-order valence-corrected chi connectivity index (χ2v) is 4.43. The van der Waals surface area contributed by atoms with Gasteiger partial charge in [0.1, 0.15) is 0 Å². The molecule has 1 aromatic rings. The third-order valence-electron chi connectivity index (χ3n) is 2.46. The van der Waals surface area contributed by atoms with Crippen LogP contribution in [0.25, 0.3) is 0 Å². The minimum absolute atomic E-state index is 0.196. The lowest BCUT2D eigenvalue weighted by Crippen LogP contribution is -2.12. The van der Waals surface area contributed by atoms with E-state index in [2.05, 4.69) is 20.7 Å². The molecule has 1 unspecified atom stereocenters. The molecule has 1 aromatic carbocycles. The maximum absolute atomic E-state index is 11.0. The van der Waals surface area contributed by atoms with Gasteiger partial charge in [0.15, 0.2) is 6.10 Å². The second kappa shape index (κ2) is 6.51. The lowest BCUT2D eigenvalue weighted by atomic mass is 10.0. The Balaban J connectivity index is 2.91. The Morgan fingerprint density at radius 2 is 2.11 bits per heavy atom. The summed E-state index contributed by atoms with van der Waals surface area (Å²) in [4.78, 5) is 21.8. The lowest BCUT2D eigenvalue weighted by molar-refractivity contribution is -0.147. The first-order chi connectivity index (χ1) is 8.47. The average Bonchev–Trinajstić information content (AvgIpc) is 2.36. The highest BCUT2D eigenvalue weighted by Crippen LogP contribution is 2.28. The zero-order chi connectivity index (χ0) is 13.7. The van der Waals surface area contributed by atoms with Crippen molar-refractivity contribution < 1.29 is 24.5 Å². The molecule has 6 heteroatoms.